The Morgan fingerprint density at radius 1 is 1.39 bits per heavy atom. The molecule has 1 fully saturated rings. The highest BCUT2D eigenvalue weighted by Crippen LogP contribution is 2.30. The molecule has 0 aromatic carbocycles. The summed E-state index contributed by atoms with van der Waals surface area (Å²) in [5.74, 6) is 3.30. The van der Waals surface area contributed by atoms with Gasteiger partial charge in [0.2, 0.25) is 0 Å². The molecule has 2 atom stereocenters. The molecule has 1 saturated heterocycles. The van der Waals surface area contributed by atoms with Crippen molar-refractivity contribution in [3.63, 3.8) is 0 Å². The van der Waals surface area contributed by atoms with Crippen LogP contribution in [0.4, 0.5) is 0 Å². The molecule has 18 heavy (non-hydrogen) atoms. The Hall–Kier alpha value is -0.0600. The second kappa shape index (κ2) is 5.93. The second-order valence-corrected chi connectivity index (χ2v) is 8.06. The van der Waals surface area contributed by atoms with Crippen molar-refractivity contribution in [3.05, 3.63) is 16.1 Å². The van der Waals surface area contributed by atoms with E-state index in [4.69, 9.17) is 4.98 Å². The highest BCUT2D eigenvalue weighted by Gasteiger charge is 2.28. The number of nitrogens with zero attached hydrogens (tertiary/aromatic N) is 1. The van der Waals surface area contributed by atoms with Gasteiger partial charge in [0.25, 0.3) is 0 Å². The predicted octanol–water partition coefficient (Wildman–Crippen LogP) is 3.32. The van der Waals surface area contributed by atoms with E-state index < -0.39 is 0 Å². The van der Waals surface area contributed by atoms with Gasteiger partial charge in [-0.1, -0.05) is 27.7 Å². The quantitative estimate of drug-likeness (QED) is 0.918. The fourth-order valence-electron chi connectivity index (χ4n) is 2.26. The van der Waals surface area contributed by atoms with E-state index in [9.17, 15) is 0 Å². The average Bonchev–Trinajstić information content (AvgIpc) is 2.89. The van der Waals surface area contributed by atoms with E-state index in [0.717, 1.165) is 18.9 Å². The molecule has 0 radical (unpaired) electrons. The maximum atomic E-state index is 4.82. The maximum absolute atomic E-state index is 4.82. The van der Waals surface area contributed by atoms with Gasteiger partial charge in [-0.05, 0) is 18.2 Å². The zero-order valence-electron chi connectivity index (χ0n) is 11.8. The summed E-state index contributed by atoms with van der Waals surface area (Å²) in [6.07, 6.45) is 1.14. The molecular weight excluding hydrogens is 260 g/mol. The van der Waals surface area contributed by atoms with Crippen LogP contribution in [0.3, 0.4) is 0 Å². The molecular formula is C14H24N2S2. The summed E-state index contributed by atoms with van der Waals surface area (Å²) in [5, 5.41) is 7.16. The standard InChI is InChI=1S/C14H24N2S2/c1-5-15-11-8-17-7-10(11)6-13-16-12(9-18-13)14(2,3)4/h9-11,15H,5-8H2,1-4H3. The van der Waals surface area contributed by atoms with Crippen LogP contribution in [0.5, 0.6) is 0 Å². The topological polar surface area (TPSA) is 24.9 Å². The Morgan fingerprint density at radius 3 is 2.78 bits per heavy atom. The number of hydrogen-bond donors (Lipinski definition) is 1. The molecule has 2 heterocycles. The lowest BCUT2D eigenvalue weighted by atomic mass is 9.93. The number of hydrogen-bond acceptors (Lipinski definition) is 4. The van der Waals surface area contributed by atoms with Crippen LogP contribution in [0.2, 0.25) is 0 Å². The summed E-state index contributed by atoms with van der Waals surface area (Å²) < 4.78 is 0. The first-order valence-corrected chi connectivity index (χ1v) is 8.80. The van der Waals surface area contributed by atoms with E-state index in [1.54, 1.807) is 0 Å². The van der Waals surface area contributed by atoms with Gasteiger partial charge in [0.15, 0.2) is 0 Å². The van der Waals surface area contributed by atoms with E-state index in [1.807, 2.05) is 11.3 Å². The van der Waals surface area contributed by atoms with Crippen molar-refractivity contribution in [3.8, 4) is 0 Å². The van der Waals surface area contributed by atoms with E-state index >= 15 is 0 Å². The minimum atomic E-state index is 0.181. The third-order valence-corrected chi connectivity index (χ3v) is 5.55. The van der Waals surface area contributed by atoms with Crippen molar-refractivity contribution in [1.29, 1.82) is 0 Å². The van der Waals surface area contributed by atoms with Gasteiger partial charge in [0.1, 0.15) is 0 Å². The van der Waals surface area contributed by atoms with E-state index in [0.29, 0.717) is 6.04 Å². The Balaban J connectivity index is 1.99. The molecule has 0 saturated carbocycles. The maximum Gasteiger partial charge on any atom is 0.0932 e. The van der Waals surface area contributed by atoms with Gasteiger partial charge in [-0.25, -0.2) is 4.98 Å². The molecule has 1 aliphatic rings. The molecule has 2 unspecified atom stereocenters. The minimum absolute atomic E-state index is 0.181. The fourth-order valence-corrected chi connectivity index (χ4v) is 4.81. The fraction of sp³-hybridized carbons (Fsp3) is 0.786. The lowest BCUT2D eigenvalue weighted by Crippen LogP contribution is -2.36. The van der Waals surface area contributed by atoms with Crippen LogP contribution < -0.4 is 5.32 Å². The number of rotatable bonds is 4. The number of thiazole rings is 1. The van der Waals surface area contributed by atoms with Crippen LogP contribution in [-0.4, -0.2) is 29.1 Å². The summed E-state index contributed by atoms with van der Waals surface area (Å²) in [6, 6.07) is 0.682. The monoisotopic (exact) mass is 284 g/mol. The SMILES string of the molecule is CCNC1CSCC1Cc1nc(C(C)(C)C)cs1. The lowest BCUT2D eigenvalue weighted by molar-refractivity contribution is 0.432. The van der Waals surface area contributed by atoms with Gasteiger partial charge < -0.3 is 5.32 Å². The van der Waals surface area contributed by atoms with Crippen LogP contribution >= 0.6 is 23.1 Å². The molecule has 1 aliphatic heterocycles. The molecule has 0 amide bonds. The molecule has 1 N–H and O–H groups in total. The third-order valence-electron chi connectivity index (χ3n) is 3.42. The molecule has 2 rings (SSSR count). The Bertz CT molecular complexity index is 381. The first-order valence-electron chi connectivity index (χ1n) is 6.76. The Kier molecular flexibility index (Phi) is 4.73. The highest BCUT2D eigenvalue weighted by atomic mass is 32.2. The smallest absolute Gasteiger partial charge is 0.0932 e. The van der Waals surface area contributed by atoms with Crippen LogP contribution in [0.1, 0.15) is 38.4 Å². The van der Waals surface area contributed by atoms with Crippen LogP contribution in [-0.2, 0) is 11.8 Å². The molecule has 1 aromatic rings. The largest absolute Gasteiger partial charge is 0.313 e. The summed E-state index contributed by atoms with van der Waals surface area (Å²) >= 11 is 3.91. The van der Waals surface area contributed by atoms with E-state index in [-0.39, 0.29) is 5.41 Å². The Labute approximate surface area is 119 Å². The zero-order valence-corrected chi connectivity index (χ0v) is 13.5. The normalized spacial score (nSPS) is 24.7. The van der Waals surface area contributed by atoms with Gasteiger partial charge in [-0.3, -0.25) is 0 Å². The van der Waals surface area contributed by atoms with Gasteiger partial charge >= 0.3 is 0 Å². The Morgan fingerprint density at radius 2 is 2.17 bits per heavy atom. The molecule has 1 aromatic heterocycles. The number of nitrogens with one attached hydrogen (secondary N) is 1. The van der Waals surface area contributed by atoms with Gasteiger partial charge in [0.05, 0.1) is 10.7 Å². The summed E-state index contributed by atoms with van der Waals surface area (Å²) in [7, 11) is 0. The first kappa shape index (κ1) is 14.4. The zero-order chi connectivity index (χ0) is 13.2. The van der Waals surface area contributed by atoms with Gasteiger partial charge in [0, 0.05) is 29.0 Å². The average molecular weight is 284 g/mol. The molecule has 4 heteroatoms. The number of thioether (sulfide) groups is 1. The second-order valence-electron chi connectivity index (χ2n) is 6.04. The molecule has 0 spiro atoms. The minimum Gasteiger partial charge on any atom is -0.313 e. The van der Waals surface area contributed by atoms with Crippen molar-refractivity contribution in [2.24, 2.45) is 5.92 Å². The van der Waals surface area contributed by atoms with Crippen LogP contribution in [0, 0.1) is 5.92 Å². The van der Waals surface area contributed by atoms with Crippen LogP contribution in [0.25, 0.3) is 0 Å². The highest BCUT2D eigenvalue weighted by molar-refractivity contribution is 7.99. The van der Waals surface area contributed by atoms with E-state index in [2.05, 4.69) is 50.2 Å². The van der Waals surface area contributed by atoms with Crippen molar-refractivity contribution in [1.82, 2.24) is 10.3 Å². The molecule has 2 nitrogen and oxygen atoms in total. The van der Waals surface area contributed by atoms with Gasteiger partial charge in [-0.2, -0.15) is 11.8 Å². The first-order chi connectivity index (χ1) is 8.50. The van der Waals surface area contributed by atoms with Gasteiger partial charge in [-0.15, -0.1) is 11.3 Å². The lowest BCUT2D eigenvalue weighted by Gasteiger charge is -2.18. The van der Waals surface area contributed by atoms with E-state index in [1.165, 1.54) is 22.2 Å². The number of aromatic nitrogens is 1. The van der Waals surface area contributed by atoms with Crippen molar-refractivity contribution in [2.75, 3.05) is 18.1 Å². The predicted molar refractivity (Wildman–Crippen MR) is 82.8 cm³/mol. The van der Waals surface area contributed by atoms with Crippen molar-refractivity contribution >= 4 is 23.1 Å². The molecule has 0 aliphatic carbocycles. The van der Waals surface area contributed by atoms with Crippen LogP contribution in [0.15, 0.2) is 5.38 Å². The summed E-state index contributed by atoms with van der Waals surface area (Å²) in [5.41, 5.74) is 1.42. The van der Waals surface area contributed by atoms with Crippen molar-refractivity contribution in [2.45, 2.75) is 45.6 Å². The summed E-state index contributed by atoms with van der Waals surface area (Å²) in [4.78, 5) is 4.82. The van der Waals surface area contributed by atoms with Crippen molar-refractivity contribution < 1.29 is 0 Å². The summed E-state index contributed by atoms with van der Waals surface area (Å²) in [6.45, 7) is 9.98. The molecule has 102 valence electrons. The molecule has 0 bridgehead atoms. The third kappa shape index (κ3) is 3.49.